The van der Waals surface area contributed by atoms with Crippen LogP contribution in [0.1, 0.15) is 27.9 Å². The Balaban J connectivity index is 1.58. The molecule has 0 fully saturated rings. The van der Waals surface area contributed by atoms with E-state index in [1.807, 2.05) is 49.4 Å². The number of aromatic nitrogens is 3. The van der Waals surface area contributed by atoms with E-state index < -0.39 is 0 Å². The summed E-state index contributed by atoms with van der Waals surface area (Å²) in [6.07, 6.45) is 2.26. The van der Waals surface area contributed by atoms with Gasteiger partial charge in [-0.1, -0.05) is 35.9 Å². The number of hydrogen-bond acceptors (Lipinski definition) is 7. The van der Waals surface area contributed by atoms with Crippen LogP contribution < -0.4 is 9.47 Å². The van der Waals surface area contributed by atoms with Gasteiger partial charge in [-0.05, 0) is 36.8 Å². The van der Waals surface area contributed by atoms with Crippen molar-refractivity contribution in [1.29, 1.82) is 0 Å². The van der Waals surface area contributed by atoms with Crippen molar-refractivity contribution in [2.24, 2.45) is 0 Å². The molecule has 0 saturated carbocycles. The lowest BCUT2D eigenvalue weighted by atomic mass is 9.99. The summed E-state index contributed by atoms with van der Waals surface area (Å²) < 4.78 is 11.6. The van der Waals surface area contributed by atoms with E-state index in [1.54, 1.807) is 25.1 Å². The number of aliphatic hydroxyl groups excluding tert-OH is 1. The molecule has 0 radical (unpaired) electrons. The molecular weight excluding hydrogens is 470 g/mol. The van der Waals surface area contributed by atoms with Crippen molar-refractivity contribution in [2.45, 2.75) is 30.7 Å². The van der Waals surface area contributed by atoms with Crippen LogP contribution in [0.5, 0.6) is 17.4 Å². The monoisotopic (exact) mass is 491 g/mol. The van der Waals surface area contributed by atoms with Gasteiger partial charge >= 0.3 is 0 Å². The fourth-order valence-corrected chi connectivity index (χ4v) is 5.04. The Morgan fingerprint density at radius 2 is 1.97 bits per heavy atom. The zero-order valence-corrected chi connectivity index (χ0v) is 20.3. The third-order valence-corrected chi connectivity index (χ3v) is 6.97. The van der Waals surface area contributed by atoms with Crippen LogP contribution in [0.15, 0.2) is 59.8 Å². The minimum atomic E-state index is -0.109. The zero-order valence-electron chi connectivity index (χ0n) is 18.7. The second kappa shape index (κ2) is 9.62. The second-order valence-corrected chi connectivity index (χ2v) is 9.30. The molecule has 1 aliphatic heterocycles. The second-order valence-electron chi connectivity index (χ2n) is 7.90. The van der Waals surface area contributed by atoms with Crippen LogP contribution in [0.2, 0.25) is 5.02 Å². The summed E-state index contributed by atoms with van der Waals surface area (Å²) in [6.45, 7) is 1.78. The molecule has 0 bridgehead atoms. The summed E-state index contributed by atoms with van der Waals surface area (Å²) in [4.78, 5) is 14.0. The average Bonchev–Trinajstić information content (AvgIpc) is 2.86. The predicted molar refractivity (Wildman–Crippen MR) is 133 cm³/mol. The number of aliphatic hydroxyl groups is 1. The van der Waals surface area contributed by atoms with E-state index in [1.165, 1.54) is 0 Å². The van der Waals surface area contributed by atoms with E-state index in [0.717, 1.165) is 44.3 Å². The molecule has 0 atom stereocenters. The maximum atomic E-state index is 9.87. The number of rotatable bonds is 6. The topological polar surface area (TPSA) is 77.4 Å². The maximum Gasteiger partial charge on any atom is 0.227 e. The molecule has 2 aromatic heterocycles. The molecule has 6 nitrogen and oxygen atoms in total. The molecule has 3 heterocycles. The van der Waals surface area contributed by atoms with Crippen LogP contribution in [0.3, 0.4) is 0 Å². The molecule has 0 spiro atoms. The number of halogens is 1. The predicted octanol–water partition coefficient (Wildman–Crippen LogP) is 5.99. The lowest BCUT2D eigenvalue weighted by molar-refractivity contribution is 0.278. The highest BCUT2D eigenvalue weighted by Gasteiger charge is 2.27. The van der Waals surface area contributed by atoms with Gasteiger partial charge in [0.2, 0.25) is 5.88 Å². The SMILES string of the molecule is COc1cccc(CSc2nc(-c3cccc(Cl)c3)nc3c2Cc2c(CO)cnc(C)c2O3)c1. The minimum absolute atomic E-state index is 0.109. The Kier molecular flexibility index (Phi) is 6.41. The summed E-state index contributed by atoms with van der Waals surface area (Å²) in [7, 11) is 1.66. The van der Waals surface area contributed by atoms with Gasteiger partial charge in [-0.25, -0.2) is 4.98 Å². The number of thioether (sulfide) groups is 1. The summed E-state index contributed by atoms with van der Waals surface area (Å²) >= 11 is 7.85. The molecule has 0 unspecified atom stereocenters. The van der Waals surface area contributed by atoms with Gasteiger partial charge in [0.15, 0.2) is 11.6 Å². The number of fused-ring (bicyclic) bond motifs is 2. The maximum absolute atomic E-state index is 9.87. The first-order valence-corrected chi connectivity index (χ1v) is 12.1. The van der Waals surface area contributed by atoms with Crippen molar-refractivity contribution in [3.8, 4) is 28.8 Å². The van der Waals surface area contributed by atoms with Gasteiger partial charge in [-0.3, -0.25) is 4.98 Å². The smallest absolute Gasteiger partial charge is 0.227 e. The molecule has 4 aromatic rings. The third-order valence-electron chi connectivity index (χ3n) is 5.65. The molecule has 0 saturated heterocycles. The lowest BCUT2D eigenvalue weighted by Gasteiger charge is -2.24. The van der Waals surface area contributed by atoms with Gasteiger partial charge in [-0.2, -0.15) is 4.98 Å². The molecule has 5 rings (SSSR count). The number of aryl methyl sites for hydroxylation is 1. The third kappa shape index (κ3) is 4.46. The molecule has 1 aliphatic rings. The van der Waals surface area contributed by atoms with Crippen LogP contribution in [0, 0.1) is 6.92 Å². The Morgan fingerprint density at radius 3 is 2.76 bits per heavy atom. The Hall–Kier alpha value is -3.13. The largest absolute Gasteiger partial charge is 0.497 e. The molecule has 0 aliphatic carbocycles. The Morgan fingerprint density at radius 1 is 1.12 bits per heavy atom. The molecular formula is C26H22ClN3O3S. The van der Waals surface area contributed by atoms with Crippen LogP contribution in [0.25, 0.3) is 11.4 Å². The summed E-state index contributed by atoms with van der Waals surface area (Å²) in [5, 5.41) is 11.3. The fourth-order valence-electron chi connectivity index (χ4n) is 3.88. The molecule has 2 aromatic carbocycles. The van der Waals surface area contributed by atoms with Crippen molar-refractivity contribution >= 4 is 23.4 Å². The van der Waals surface area contributed by atoms with Crippen molar-refractivity contribution in [1.82, 2.24) is 15.0 Å². The van der Waals surface area contributed by atoms with E-state index in [-0.39, 0.29) is 6.61 Å². The molecule has 1 N–H and O–H groups in total. The van der Waals surface area contributed by atoms with Crippen molar-refractivity contribution in [3.05, 3.63) is 87.7 Å². The van der Waals surface area contributed by atoms with E-state index in [9.17, 15) is 5.11 Å². The minimum Gasteiger partial charge on any atom is -0.497 e. The van der Waals surface area contributed by atoms with Gasteiger partial charge in [-0.15, -0.1) is 11.8 Å². The number of pyridine rings is 1. The first-order chi connectivity index (χ1) is 16.6. The number of hydrogen-bond donors (Lipinski definition) is 1. The summed E-state index contributed by atoms with van der Waals surface area (Å²) in [5.74, 6) is 3.21. The number of methoxy groups -OCH3 is 1. The number of benzene rings is 2. The lowest BCUT2D eigenvalue weighted by Crippen LogP contribution is -2.13. The van der Waals surface area contributed by atoms with E-state index in [2.05, 4.69) is 11.1 Å². The molecule has 34 heavy (non-hydrogen) atoms. The van der Waals surface area contributed by atoms with Crippen LogP contribution in [-0.4, -0.2) is 27.2 Å². The first-order valence-electron chi connectivity index (χ1n) is 10.7. The van der Waals surface area contributed by atoms with Crippen molar-refractivity contribution < 1.29 is 14.6 Å². The van der Waals surface area contributed by atoms with Gasteiger partial charge in [0.1, 0.15) is 10.8 Å². The zero-order chi connectivity index (χ0) is 23.7. The van der Waals surface area contributed by atoms with E-state index in [0.29, 0.717) is 34.7 Å². The van der Waals surface area contributed by atoms with Crippen LogP contribution in [0.4, 0.5) is 0 Å². The highest BCUT2D eigenvalue weighted by Crippen LogP contribution is 2.43. The summed E-state index contributed by atoms with van der Waals surface area (Å²) in [5.41, 5.74) is 5.25. The first kappa shape index (κ1) is 22.7. The highest BCUT2D eigenvalue weighted by atomic mass is 35.5. The van der Waals surface area contributed by atoms with Crippen LogP contribution >= 0.6 is 23.4 Å². The Bertz CT molecular complexity index is 1380. The Labute approximate surface area is 207 Å². The van der Waals surface area contributed by atoms with E-state index >= 15 is 0 Å². The van der Waals surface area contributed by atoms with E-state index in [4.69, 9.17) is 31.0 Å². The fraction of sp³-hybridized carbons (Fsp3) is 0.192. The number of nitrogens with zero attached hydrogens (tertiary/aromatic N) is 3. The van der Waals surface area contributed by atoms with Gasteiger partial charge in [0, 0.05) is 40.1 Å². The molecule has 8 heteroatoms. The van der Waals surface area contributed by atoms with Gasteiger partial charge in [0.05, 0.1) is 25.0 Å². The van der Waals surface area contributed by atoms with Gasteiger partial charge < -0.3 is 14.6 Å². The highest BCUT2D eigenvalue weighted by molar-refractivity contribution is 7.98. The van der Waals surface area contributed by atoms with Crippen LogP contribution in [-0.2, 0) is 18.8 Å². The molecule has 172 valence electrons. The number of ether oxygens (including phenoxy) is 2. The average molecular weight is 492 g/mol. The normalized spacial score (nSPS) is 12.0. The molecule has 0 amide bonds. The standard InChI is InChI=1S/C26H22ClN3O3S/c1-15-23-21(18(13-31)12-28-15)11-22-25(33-23)29-24(17-6-4-7-19(27)10-17)30-26(22)34-14-16-5-3-8-20(9-16)32-2/h3-10,12,31H,11,13-14H2,1-2H3. The van der Waals surface area contributed by atoms with Gasteiger partial charge in [0.25, 0.3) is 0 Å². The van der Waals surface area contributed by atoms with Crippen molar-refractivity contribution in [2.75, 3.05) is 7.11 Å². The summed E-state index contributed by atoms with van der Waals surface area (Å²) in [6, 6.07) is 15.4. The van der Waals surface area contributed by atoms with Crippen molar-refractivity contribution in [3.63, 3.8) is 0 Å². The quantitative estimate of drug-likeness (QED) is 0.231.